The lowest BCUT2D eigenvalue weighted by atomic mass is 10.0. The number of hydrogen-bond donors (Lipinski definition) is 2. The summed E-state index contributed by atoms with van der Waals surface area (Å²) in [4.78, 5) is 22.3. The number of aromatic carboxylic acids is 1. The highest BCUT2D eigenvalue weighted by Crippen LogP contribution is 2.43. The molecule has 0 saturated heterocycles. The summed E-state index contributed by atoms with van der Waals surface area (Å²) in [5, 5.41) is 17.8. The van der Waals surface area contributed by atoms with Gasteiger partial charge >= 0.3 is 18.1 Å². The number of carboxylic acids is 2. The molecule has 3 rings (SSSR count). The van der Waals surface area contributed by atoms with Crippen LogP contribution in [0.3, 0.4) is 0 Å². The Labute approximate surface area is 170 Å². The van der Waals surface area contributed by atoms with E-state index in [4.69, 9.17) is 42.9 Å². The van der Waals surface area contributed by atoms with Gasteiger partial charge in [-0.2, -0.15) is 13.2 Å². The maximum Gasteiger partial charge on any atom is 0.430 e. The number of hydrogen-bond acceptors (Lipinski definition) is 4. The zero-order valence-corrected chi connectivity index (χ0v) is 15.5. The number of carbonyl (C=O) groups is 2. The molecular formula is C18H9Cl2F3O6. The summed E-state index contributed by atoms with van der Waals surface area (Å²) in [6, 6.07) is 6.13. The molecule has 0 radical (unpaired) electrons. The van der Waals surface area contributed by atoms with Crippen LogP contribution >= 0.6 is 23.2 Å². The van der Waals surface area contributed by atoms with Crippen molar-refractivity contribution in [1.82, 2.24) is 0 Å². The molecule has 0 bridgehead atoms. The van der Waals surface area contributed by atoms with Gasteiger partial charge in [-0.1, -0.05) is 29.3 Å². The number of ether oxygens (including phenoxy) is 2. The van der Waals surface area contributed by atoms with Crippen LogP contribution in [-0.4, -0.2) is 34.4 Å². The highest BCUT2D eigenvalue weighted by atomic mass is 35.5. The smallest absolute Gasteiger partial charge is 0.430 e. The summed E-state index contributed by atoms with van der Waals surface area (Å²) in [5.41, 5.74) is -1.24. The van der Waals surface area contributed by atoms with Gasteiger partial charge in [0, 0.05) is 11.6 Å². The predicted octanol–water partition coefficient (Wildman–Crippen LogP) is 5.28. The summed E-state index contributed by atoms with van der Waals surface area (Å²) < 4.78 is 49.9. The summed E-state index contributed by atoms with van der Waals surface area (Å²) in [7, 11) is 0. The van der Waals surface area contributed by atoms with Gasteiger partial charge in [-0.3, -0.25) is 0 Å². The first-order valence-corrected chi connectivity index (χ1v) is 8.46. The third-order valence-corrected chi connectivity index (χ3v) is 4.55. The lowest BCUT2D eigenvalue weighted by molar-refractivity contribution is -0.187. The Balaban J connectivity index is 2.04. The Bertz CT molecular complexity index is 1050. The first-order chi connectivity index (χ1) is 13.5. The monoisotopic (exact) mass is 448 g/mol. The van der Waals surface area contributed by atoms with E-state index in [0.717, 1.165) is 18.2 Å². The molecule has 0 spiro atoms. The van der Waals surface area contributed by atoms with Gasteiger partial charge in [0.1, 0.15) is 17.2 Å². The van der Waals surface area contributed by atoms with Crippen molar-refractivity contribution in [3.05, 3.63) is 57.1 Å². The number of benzene rings is 2. The minimum absolute atomic E-state index is 0.00522. The second kappa shape index (κ2) is 7.49. The van der Waals surface area contributed by atoms with E-state index in [9.17, 15) is 22.8 Å². The van der Waals surface area contributed by atoms with Crippen molar-refractivity contribution in [3.63, 3.8) is 0 Å². The lowest BCUT2D eigenvalue weighted by Gasteiger charge is -2.27. The van der Waals surface area contributed by atoms with E-state index in [1.807, 2.05) is 0 Å². The molecule has 1 atom stereocenters. The quantitative estimate of drug-likeness (QED) is 0.661. The molecule has 0 aliphatic carbocycles. The standard InChI is InChI=1S/C18H9Cl2F3O6/c19-10-5-7-4-9(17(26)27)15(18(21,22)23)29-12(7)6-13(10)28-11-3-1-2-8(14(11)20)16(24)25/h1-6,15H,(H,24,25)(H,26,27). The Morgan fingerprint density at radius 2 is 1.76 bits per heavy atom. The van der Waals surface area contributed by atoms with Crippen molar-refractivity contribution >= 4 is 41.2 Å². The molecule has 0 aromatic heterocycles. The van der Waals surface area contributed by atoms with Gasteiger partial charge in [-0.25, -0.2) is 9.59 Å². The van der Waals surface area contributed by atoms with Crippen molar-refractivity contribution in [2.45, 2.75) is 12.3 Å². The third kappa shape index (κ3) is 4.10. The van der Waals surface area contributed by atoms with Crippen molar-refractivity contribution in [1.29, 1.82) is 0 Å². The molecule has 29 heavy (non-hydrogen) atoms. The van der Waals surface area contributed by atoms with Gasteiger partial charge < -0.3 is 19.7 Å². The van der Waals surface area contributed by atoms with Crippen molar-refractivity contribution in [2.75, 3.05) is 0 Å². The molecule has 2 aromatic carbocycles. The average Bonchev–Trinajstić information content (AvgIpc) is 2.61. The average molecular weight is 449 g/mol. The second-order valence-corrected chi connectivity index (χ2v) is 6.57. The molecule has 1 aliphatic heterocycles. The highest BCUT2D eigenvalue weighted by Gasteiger charge is 2.48. The molecule has 2 N–H and O–H groups in total. The van der Waals surface area contributed by atoms with Crippen LogP contribution in [0.25, 0.3) is 6.08 Å². The van der Waals surface area contributed by atoms with Gasteiger partial charge in [0.2, 0.25) is 6.10 Å². The number of fused-ring (bicyclic) bond motifs is 1. The van der Waals surface area contributed by atoms with Crippen LogP contribution < -0.4 is 9.47 Å². The Kier molecular flexibility index (Phi) is 5.38. The fraction of sp³-hybridized carbons (Fsp3) is 0.111. The summed E-state index contributed by atoms with van der Waals surface area (Å²) in [6.45, 7) is 0. The maximum atomic E-state index is 13.2. The van der Waals surface area contributed by atoms with Gasteiger partial charge in [0.25, 0.3) is 0 Å². The van der Waals surface area contributed by atoms with E-state index in [1.54, 1.807) is 0 Å². The molecule has 152 valence electrons. The highest BCUT2D eigenvalue weighted by molar-refractivity contribution is 6.35. The van der Waals surface area contributed by atoms with Crippen LogP contribution in [0.2, 0.25) is 10.0 Å². The zero-order chi connectivity index (χ0) is 21.5. The molecule has 2 aromatic rings. The van der Waals surface area contributed by atoms with Crippen LogP contribution in [-0.2, 0) is 4.79 Å². The van der Waals surface area contributed by atoms with Gasteiger partial charge in [-0.05, 0) is 24.3 Å². The molecule has 6 nitrogen and oxygen atoms in total. The van der Waals surface area contributed by atoms with E-state index < -0.39 is 29.8 Å². The number of aliphatic carboxylic acids is 1. The molecule has 1 aliphatic rings. The summed E-state index contributed by atoms with van der Waals surface area (Å²) in [6.07, 6.45) is -6.84. The largest absolute Gasteiger partial charge is 0.478 e. The Hall–Kier alpha value is -2.91. The molecule has 0 fully saturated rings. The molecule has 0 amide bonds. The molecule has 11 heteroatoms. The molecular weight excluding hydrogens is 440 g/mol. The van der Waals surface area contributed by atoms with E-state index in [2.05, 4.69) is 0 Å². The van der Waals surface area contributed by atoms with Gasteiger partial charge in [0.05, 0.1) is 21.2 Å². The second-order valence-electron chi connectivity index (χ2n) is 5.79. The number of carboxylic acid groups (broad SMARTS) is 2. The number of halogens is 5. The number of rotatable bonds is 4. The SMILES string of the molecule is O=C(O)C1=Cc2cc(Cl)c(Oc3cccc(C(=O)O)c3Cl)cc2OC1C(F)(F)F. The van der Waals surface area contributed by atoms with E-state index in [-0.39, 0.29) is 38.4 Å². The van der Waals surface area contributed by atoms with Crippen LogP contribution in [0, 0.1) is 0 Å². The first kappa shape index (κ1) is 20.8. The molecule has 1 unspecified atom stereocenters. The van der Waals surface area contributed by atoms with E-state index in [0.29, 0.717) is 0 Å². The van der Waals surface area contributed by atoms with Crippen LogP contribution in [0.5, 0.6) is 17.2 Å². The fourth-order valence-corrected chi connectivity index (χ4v) is 3.02. The topological polar surface area (TPSA) is 93.1 Å². The predicted molar refractivity (Wildman–Crippen MR) is 96.0 cm³/mol. The molecule has 1 heterocycles. The first-order valence-electron chi connectivity index (χ1n) is 7.70. The minimum atomic E-state index is -4.97. The normalized spacial score (nSPS) is 15.8. The Morgan fingerprint density at radius 1 is 1.07 bits per heavy atom. The minimum Gasteiger partial charge on any atom is -0.478 e. The summed E-state index contributed by atoms with van der Waals surface area (Å²) in [5.74, 6) is -3.67. The van der Waals surface area contributed by atoms with E-state index in [1.165, 1.54) is 18.2 Å². The van der Waals surface area contributed by atoms with Crippen LogP contribution in [0.4, 0.5) is 13.2 Å². The van der Waals surface area contributed by atoms with Crippen LogP contribution in [0.1, 0.15) is 15.9 Å². The van der Waals surface area contributed by atoms with Gasteiger partial charge in [0.15, 0.2) is 0 Å². The number of alkyl halides is 3. The van der Waals surface area contributed by atoms with Crippen LogP contribution in [0.15, 0.2) is 35.9 Å². The maximum absolute atomic E-state index is 13.2. The lowest BCUT2D eigenvalue weighted by Crippen LogP contribution is -2.40. The molecule has 0 saturated carbocycles. The zero-order valence-electron chi connectivity index (χ0n) is 14.0. The van der Waals surface area contributed by atoms with Gasteiger partial charge in [-0.15, -0.1) is 0 Å². The Morgan fingerprint density at radius 3 is 2.34 bits per heavy atom. The van der Waals surface area contributed by atoms with Crippen molar-refractivity contribution < 1.29 is 42.4 Å². The van der Waals surface area contributed by atoms with Crippen molar-refractivity contribution in [3.8, 4) is 17.2 Å². The summed E-state index contributed by atoms with van der Waals surface area (Å²) >= 11 is 12.1. The van der Waals surface area contributed by atoms with Crippen molar-refractivity contribution in [2.24, 2.45) is 0 Å². The third-order valence-electron chi connectivity index (χ3n) is 3.86. The fourth-order valence-electron chi connectivity index (χ4n) is 2.57. The van der Waals surface area contributed by atoms with E-state index >= 15 is 0 Å².